The molecule has 7 nitrogen and oxygen atoms in total. The largest absolute Gasteiger partial charge is 0.369 e. The number of fused-ring (bicyclic) bond motifs is 1. The molecular weight excluding hydrogens is 292 g/mol. The van der Waals surface area contributed by atoms with E-state index in [1.54, 1.807) is 0 Å². The molecule has 0 bridgehead atoms. The summed E-state index contributed by atoms with van der Waals surface area (Å²) in [5.74, 6) is 0.725. The van der Waals surface area contributed by atoms with E-state index in [1.807, 2.05) is 24.3 Å². The molecule has 0 aliphatic rings. The van der Waals surface area contributed by atoms with Crippen LogP contribution in [0.4, 0.5) is 5.95 Å². The van der Waals surface area contributed by atoms with E-state index < -0.39 is 0 Å². The van der Waals surface area contributed by atoms with Crippen molar-refractivity contribution in [3.8, 4) is 0 Å². The SMILES string of the molecule is Cl.NCc1cccc(Cc2nc3nc(N)[nH]c(=O)c3[nH]2)c1. The molecule has 0 saturated carbocycles. The molecule has 110 valence electrons. The Hall–Kier alpha value is -2.38. The minimum absolute atomic E-state index is 0. The van der Waals surface area contributed by atoms with Crippen LogP contribution >= 0.6 is 12.4 Å². The molecule has 0 fully saturated rings. The Balaban J connectivity index is 0.00000161. The number of H-pyrrole nitrogens is 2. The number of rotatable bonds is 3. The summed E-state index contributed by atoms with van der Waals surface area (Å²) in [6, 6.07) is 7.91. The first-order valence-electron chi connectivity index (χ1n) is 6.18. The maximum absolute atomic E-state index is 11.7. The second-order valence-corrected chi connectivity index (χ2v) is 4.53. The van der Waals surface area contributed by atoms with Gasteiger partial charge in [0.15, 0.2) is 11.2 Å². The number of aromatic nitrogens is 4. The van der Waals surface area contributed by atoms with Crippen LogP contribution in [0.5, 0.6) is 0 Å². The van der Waals surface area contributed by atoms with Crippen LogP contribution in [-0.2, 0) is 13.0 Å². The molecule has 2 aromatic heterocycles. The van der Waals surface area contributed by atoms with E-state index in [0.717, 1.165) is 11.1 Å². The minimum Gasteiger partial charge on any atom is -0.369 e. The van der Waals surface area contributed by atoms with Crippen molar-refractivity contribution < 1.29 is 0 Å². The third kappa shape index (κ3) is 3.04. The third-order valence-electron chi connectivity index (χ3n) is 3.03. The Morgan fingerprint density at radius 2 is 1.90 bits per heavy atom. The highest BCUT2D eigenvalue weighted by atomic mass is 35.5. The number of nitrogens with two attached hydrogens (primary N) is 2. The molecule has 0 aliphatic carbocycles. The van der Waals surface area contributed by atoms with Crippen molar-refractivity contribution in [1.82, 2.24) is 19.9 Å². The lowest BCUT2D eigenvalue weighted by molar-refractivity contribution is 1.01. The standard InChI is InChI=1S/C13H14N6O.ClH/c14-6-8-3-1-2-7(4-8)5-9-16-10-11(17-9)18-13(15)19-12(10)20;/h1-4H,5-6,14H2,(H4,15,16,17,18,19,20);1H. The number of nitrogen functional groups attached to an aromatic ring is 1. The molecule has 1 aromatic carbocycles. The lowest BCUT2D eigenvalue weighted by Crippen LogP contribution is -2.10. The van der Waals surface area contributed by atoms with Gasteiger partial charge in [0.2, 0.25) is 5.95 Å². The summed E-state index contributed by atoms with van der Waals surface area (Å²) in [4.78, 5) is 25.4. The molecule has 0 radical (unpaired) electrons. The molecule has 0 amide bonds. The number of nitrogens with one attached hydrogen (secondary N) is 2. The number of halogens is 1. The predicted octanol–water partition coefficient (Wildman–Crippen LogP) is 0.700. The summed E-state index contributed by atoms with van der Waals surface area (Å²) in [5.41, 5.74) is 13.6. The highest BCUT2D eigenvalue weighted by Gasteiger charge is 2.09. The van der Waals surface area contributed by atoms with Gasteiger partial charge in [-0.15, -0.1) is 12.4 Å². The number of imidazole rings is 1. The number of benzene rings is 1. The molecule has 6 N–H and O–H groups in total. The normalized spacial score (nSPS) is 10.5. The Morgan fingerprint density at radius 1 is 1.14 bits per heavy atom. The second-order valence-electron chi connectivity index (χ2n) is 4.53. The molecular formula is C13H15ClN6O. The van der Waals surface area contributed by atoms with E-state index in [1.165, 1.54) is 0 Å². The molecule has 0 aliphatic heterocycles. The van der Waals surface area contributed by atoms with Crippen molar-refractivity contribution in [3.05, 3.63) is 51.6 Å². The first kappa shape index (κ1) is 15.0. The maximum Gasteiger partial charge on any atom is 0.278 e. The number of aromatic amines is 2. The molecule has 0 saturated heterocycles. The van der Waals surface area contributed by atoms with Crippen LogP contribution in [0.2, 0.25) is 0 Å². The zero-order valence-corrected chi connectivity index (χ0v) is 11.9. The van der Waals surface area contributed by atoms with E-state index >= 15 is 0 Å². The van der Waals surface area contributed by atoms with Gasteiger partial charge in [-0.2, -0.15) is 4.98 Å². The van der Waals surface area contributed by atoms with E-state index in [-0.39, 0.29) is 23.9 Å². The Kier molecular flexibility index (Phi) is 4.25. The van der Waals surface area contributed by atoms with Crippen molar-refractivity contribution in [2.75, 3.05) is 5.73 Å². The van der Waals surface area contributed by atoms with Gasteiger partial charge in [-0.25, -0.2) is 4.98 Å². The van der Waals surface area contributed by atoms with Gasteiger partial charge in [0.25, 0.3) is 5.56 Å². The van der Waals surface area contributed by atoms with Crippen molar-refractivity contribution >= 4 is 29.5 Å². The Bertz CT molecular complexity index is 825. The topological polar surface area (TPSA) is 126 Å². The van der Waals surface area contributed by atoms with Gasteiger partial charge in [-0.05, 0) is 11.1 Å². The highest BCUT2D eigenvalue weighted by molar-refractivity contribution is 5.85. The Morgan fingerprint density at radius 3 is 2.67 bits per heavy atom. The van der Waals surface area contributed by atoms with Crippen LogP contribution in [-0.4, -0.2) is 19.9 Å². The molecule has 3 aromatic rings. The van der Waals surface area contributed by atoms with Crippen LogP contribution in [0.25, 0.3) is 11.2 Å². The van der Waals surface area contributed by atoms with Crippen LogP contribution in [0.1, 0.15) is 17.0 Å². The first-order chi connectivity index (χ1) is 9.65. The zero-order chi connectivity index (χ0) is 14.1. The van der Waals surface area contributed by atoms with Crippen molar-refractivity contribution in [2.45, 2.75) is 13.0 Å². The molecule has 0 atom stereocenters. The van der Waals surface area contributed by atoms with E-state index in [2.05, 4.69) is 19.9 Å². The van der Waals surface area contributed by atoms with Gasteiger partial charge >= 0.3 is 0 Å². The second kappa shape index (κ2) is 5.94. The van der Waals surface area contributed by atoms with Crippen molar-refractivity contribution in [2.24, 2.45) is 5.73 Å². The summed E-state index contributed by atoms with van der Waals surface area (Å²) in [5, 5.41) is 0. The zero-order valence-electron chi connectivity index (χ0n) is 11.1. The van der Waals surface area contributed by atoms with Crippen LogP contribution < -0.4 is 17.0 Å². The molecule has 3 rings (SSSR count). The van der Waals surface area contributed by atoms with Crippen molar-refractivity contribution in [3.63, 3.8) is 0 Å². The smallest absolute Gasteiger partial charge is 0.278 e. The molecule has 2 heterocycles. The van der Waals surface area contributed by atoms with Crippen LogP contribution in [0, 0.1) is 0 Å². The number of nitrogens with zero attached hydrogens (tertiary/aromatic N) is 2. The van der Waals surface area contributed by atoms with Gasteiger partial charge in [-0.3, -0.25) is 9.78 Å². The summed E-state index contributed by atoms with van der Waals surface area (Å²) >= 11 is 0. The number of hydrogen-bond acceptors (Lipinski definition) is 5. The fraction of sp³-hybridized carbons (Fsp3) is 0.154. The highest BCUT2D eigenvalue weighted by Crippen LogP contribution is 2.11. The van der Waals surface area contributed by atoms with Gasteiger partial charge in [-0.1, -0.05) is 24.3 Å². The average Bonchev–Trinajstić information content (AvgIpc) is 2.81. The van der Waals surface area contributed by atoms with Gasteiger partial charge in [0.1, 0.15) is 5.82 Å². The molecule has 0 spiro atoms. The molecule has 21 heavy (non-hydrogen) atoms. The summed E-state index contributed by atoms with van der Waals surface area (Å²) in [7, 11) is 0. The minimum atomic E-state index is -0.318. The van der Waals surface area contributed by atoms with Gasteiger partial charge in [0, 0.05) is 13.0 Å². The number of anilines is 1. The van der Waals surface area contributed by atoms with E-state index in [0.29, 0.717) is 30.0 Å². The predicted molar refractivity (Wildman–Crippen MR) is 83.3 cm³/mol. The Labute approximate surface area is 126 Å². The quantitative estimate of drug-likeness (QED) is 0.566. The van der Waals surface area contributed by atoms with Gasteiger partial charge < -0.3 is 16.5 Å². The average molecular weight is 307 g/mol. The van der Waals surface area contributed by atoms with Gasteiger partial charge in [0.05, 0.1) is 0 Å². The number of hydrogen-bond donors (Lipinski definition) is 4. The third-order valence-corrected chi connectivity index (χ3v) is 3.03. The van der Waals surface area contributed by atoms with Crippen LogP contribution in [0.3, 0.4) is 0 Å². The summed E-state index contributed by atoms with van der Waals surface area (Å²) in [6.45, 7) is 0.492. The first-order valence-corrected chi connectivity index (χ1v) is 6.18. The fourth-order valence-corrected chi connectivity index (χ4v) is 2.12. The molecule has 0 unspecified atom stereocenters. The lowest BCUT2D eigenvalue weighted by atomic mass is 10.1. The maximum atomic E-state index is 11.7. The van der Waals surface area contributed by atoms with Crippen molar-refractivity contribution in [1.29, 1.82) is 0 Å². The monoisotopic (exact) mass is 306 g/mol. The summed E-state index contributed by atoms with van der Waals surface area (Å²) in [6.07, 6.45) is 0.573. The lowest BCUT2D eigenvalue weighted by Gasteiger charge is -2.01. The summed E-state index contributed by atoms with van der Waals surface area (Å²) < 4.78 is 0. The van der Waals surface area contributed by atoms with E-state index in [4.69, 9.17) is 11.5 Å². The molecule has 8 heteroatoms. The fourth-order valence-electron chi connectivity index (χ4n) is 2.12. The van der Waals surface area contributed by atoms with Crippen LogP contribution in [0.15, 0.2) is 29.1 Å². The van der Waals surface area contributed by atoms with E-state index in [9.17, 15) is 4.79 Å².